The van der Waals surface area contributed by atoms with Crippen molar-refractivity contribution in [3.05, 3.63) is 78.6 Å². The first kappa shape index (κ1) is 23.6. The summed E-state index contributed by atoms with van der Waals surface area (Å²) < 4.78 is 8.06. The van der Waals surface area contributed by atoms with Crippen LogP contribution in [0.4, 0.5) is 5.69 Å². The molecule has 0 fully saturated rings. The molecule has 0 aliphatic rings. The summed E-state index contributed by atoms with van der Waals surface area (Å²) in [5, 5.41) is 9.34. The van der Waals surface area contributed by atoms with Crippen LogP contribution in [0.5, 0.6) is 5.75 Å². The van der Waals surface area contributed by atoms with Crippen LogP contribution in [0.2, 0.25) is 0 Å². The fourth-order valence-electron chi connectivity index (χ4n) is 3.22. The third-order valence-electron chi connectivity index (χ3n) is 5.12. The van der Waals surface area contributed by atoms with Crippen LogP contribution in [0.1, 0.15) is 44.2 Å². The first-order chi connectivity index (χ1) is 15.4. The number of hydrogen-bond acceptors (Lipinski definition) is 5. The van der Waals surface area contributed by atoms with Crippen LogP contribution in [0.15, 0.2) is 72.4 Å². The van der Waals surface area contributed by atoms with Gasteiger partial charge in [0, 0.05) is 19.3 Å². The highest BCUT2D eigenvalue weighted by Crippen LogP contribution is 2.26. The van der Waals surface area contributed by atoms with Gasteiger partial charge in [-0.1, -0.05) is 62.0 Å². The largest absolute Gasteiger partial charge is 0.483 e. The van der Waals surface area contributed by atoms with E-state index in [0.29, 0.717) is 23.4 Å². The van der Waals surface area contributed by atoms with Gasteiger partial charge in [-0.15, -0.1) is 16.8 Å². The van der Waals surface area contributed by atoms with Crippen molar-refractivity contribution in [3.8, 4) is 5.75 Å². The number of ether oxygens (including phenoxy) is 1. The molecule has 1 unspecified atom stereocenters. The van der Waals surface area contributed by atoms with Crippen LogP contribution in [-0.2, 0) is 11.3 Å². The number of benzene rings is 2. The minimum absolute atomic E-state index is 0.00885. The van der Waals surface area contributed by atoms with Gasteiger partial charge in [0.05, 0.1) is 5.75 Å². The number of hydrogen-bond donors (Lipinski definition) is 0. The molecule has 1 atom stereocenters. The fourth-order valence-corrected chi connectivity index (χ4v) is 4.08. The zero-order valence-electron chi connectivity index (χ0n) is 19.1. The van der Waals surface area contributed by atoms with Crippen molar-refractivity contribution in [2.75, 3.05) is 17.7 Å². The number of anilines is 1. The molecule has 7 heteroatoms. The predicted molar refractivity (Wildman–Crippen MR) is 130 cm³/mol. The second kappa shape index (κ2) is 11.0. The third-order valence-corrected chi connectivity index (χ3v) is 6.07. The highest BCUT2D eigenvalue weighted by molar-refractivity contribution is 7.99. The van der Waals surface area contributed by atoms with Gasteiger partial charge >= 0.3 is 0 Å². The van der Waals surface area contributed by atoms with Crippen LogP contribution in [0.3, 0.4) is 0 Å². The number of rotatable bonds is 10. The number of carbonyl (C=O) groups is 1. The summed E-state index contributed by atoms with van der Waals surface area (Å²) in [6, 6.07) is 17.7. The van der Waals surface area contributed by atoms with Gasteiger partial charge in [-0.25, -0.2) is 0 Å². The lowest BCUT2D eigenvalue weighted by Crippen LogP contribution is -2.28. The molecule has 0 aliphatic carbocycles. The summed E-state index contributed by atoms with van der Waals surface area (Å²) in [6.07, 6.45) is 1.49. The number of thioether (sulfide) groups is 1. The van der Waals surface area contributed by atoms with E-state index in [0.717, 1.165) is 11.4 Å². The molecule has 0 spiro atoms. The van der Waals surface area contributed by atoms with Gasteiger partial charge in [0.15, 0.2) is 17.1 Å². The average Bonchev–Trinajstić information content (AvgIpc) is 3.20. The van der Waals surface area contributed by atoms with Gasteiger partial charge in [-0.05, 0) is 42.7 Å². The van der Waals surface area contributed by atoms with Crippen molar-refractivity contribution in [2.24, 2.45) is 0 Å². The second-order valence-electron chi connectivity index (χ2n) is 7.80. The van der Waals surface area contributed by atoms with Crippen LogP contribution in [-0.4, -0.2) is 33.5 Å². The van der Waals surface area contributed by atoms with Crippen molar-refractivity contribution < 1.29 is 9.53 Å². The van der Waals surface area contributed by atoms with E-state index in [1.807, 2.05) is 54.0 Å². The Morgan fingerprint density at radius 1 is 1.12 bits per heavy atom. The highest BCUT2D eigenvalue weighted by atomic mass is 32.2. The Bertz CT molecular complexity index is 1030. The lowest BCUT2D eigenvalue weighted by atomic mass is 10.0. The van der Waals surface area contributed by atoms with E-state index in [-0.39, 0.29) is 17.8 Å². The van der Waals surface area contributed by atoms with Crippen LogP contribution in [0.25, 0.3) is 0 Å². The molecule has 3 aromatic rings. The zero-order valence-corrected chi connectivity index (χ0v) is 19.9. The van der Waals surface area contributed by atoms with Gasteiger partial charge in [-0.2, -0.15) is 0 Å². The number of carbonyl (C=O) groups excluding carboxylic acids is 1. The molecule has 0 saturated carbocycles. The van der Waals surface area contributed by atoms with Gasteiger partial charge < -0.3 is 9.64 Å². The van der Waals surface area contributed by atoms with Crippen molar-refractivity contribution >= 4 is 23.4 Å². The number of allylic oxidation sites excluding steroid dienone is 1. The van der Waals surface area contributed by atoms with E-state index in [1.165, 1.54) is 17.3 Å². The lowest BCUT2D eigenvalue weighted by Gasteiger charge is -2.18. The SMILES string of the molecule is C=CCn1c(SCC(=O)N(C)c2ccccc2)nnc1C(C)Oc1ccc(C(C)C)cc1. The molecule has 32 heavy (non-hydrogen) atoms. The Morgan fingerprint density at radius 3 is 2.44 bits per heavy atom. The van der Waals surface area contributed by atoms with E-state index in [4.69, 9.17) is 4.74 Å². The molecule has 0 saturated heterocycles. The van der Waals surface area contributed by atoms with Gasteiger partial charge in [-0.3, -0.25) is 9.36 Å². The standard InChI is InChI=1S/C25H30N4O2S/c1-6-16-29-24(19(4)31-22-14-12-20(13-15-22)18(2)3)26-27-25(29)32-17-23(30)28(5)21-10-8-7-9-11-21/h6-15,18-19H,1,16-17H2,2-5H3. The molecule has 0 bridgehead atoms. The molecule has 6 nitrogen and oxygen atoms in total. The number of nitrogens with zero attached hydrogens (tertiary/aromatic N) is 4. The molecule has 2 aromatic carbocycles. The topological polar surface area (TPSA) is 60.2 Å². The van der Waals surface area contributed by atoms with Crippen LogP contribution >= 0.6 is 11.8 Å². The molecule has 0 radical (unpaired) electrons. The third kappa shape index (κ3) is 5.79. The van der Waals surface area contributed by atoms with E-state index in [2.05, 4.69) is 42.8 Å². The molecular weight excluding hydrogens is 420 g/mol. The molecule has 0 aliphatic heterocycles. The second-order valence-corrected chi connectivity index (χ2v) is 8.74. The summed E-state index contributed by atoms with van der Waals surface area (Å²) >= 11 is 1.36. The maximum atomic E-state index is 12.6. The molecule has 1 heterocycles. The van der Waals surface area contributed by atoms with E-state index < -0.39 is 0 Å². The van der Waals surface area contributed by atoms with Crippen molar-refractivity contribution in [1.82, 2.24) is 14.8 Å². The maximum Gasteiger partial charge on any atom is 0.237 e. The summed E-state index contributed by atoms with van der Waals surface area (Å²) in [5.41, 5.74) is 2.13. The Hall–Kier alpha value is -3.06. The molecule has 1 aromatic heterocycles. The predicted octanol–water partition coefficient (Wildman–Crippen LogP) is 5.48. The van der Waals surface area contributed by atoms with E-state index in [9.17, 15) is 4.79 Å². The average molecular weight is 451 g/mol. The monoisotopic (exact) mass is 450 g/mol. The van der Waals surface area contributed by atoms with Crippen molar-refractivity contribution in [3.63, 3.8) is 0 Å². The Kier molecular flexibility index (Phi) is 8.11. The summed E-state index contributed by atoms with van der Waals surface area (Å²) in [7, 11) is 1.78. The van der Waals surface area contributed by atoms with E-state index >= 15 is 0 Å². The van der Waals surface area contributed by atoms with Gasteiger partial charge in [0.25, 0.3) is 0 Å². The quantitative estimate of drug-likeness (QED) is 0.302. The Balaban J connectivity index is 1.68. The van der Waals surface area contributed by atoms with Crippen molar-refractivity contribution in [2.45, 2.75) is 44.5 Å². The first-order valence-corrected chi connectivity index (χ1v) is 11.6. The minimum atomic E-state index is -0.301. The van der Waals surface area contributed by atoms with Crippen molar-refractivity contribution in [1.29, 1.82) is 0 Å². The smallest absolute Gasteiger partial charge is 0.237 e. The van der Waals surface area contributed by atoms with Gasteiger partial charge in [0.1, 0.15) is 5.75 Å². The lowest BCUT2D eigenvalue weighted by molar-refractivity contribution is -0.115. The molecular formula is C25H30N4O2S. The molecule has 168 valence electrons. The summed E-state index contributed by atoms with van der Waals surface area (Å²) in [6.45, 7) is 10.7. The van der Waals surface area contributed by atoms with E-state index in [1.54, 1.807) is 18.0 Å². The summed E-state index contributed by atoms with van der Waals surface area (Å²) in [4.78, 5) is 14.3. The minimum Gasteiger partial charge on any atom is -0.483 e. The molecule has 3 rings (SSSR count). The Morgan fingerprint density at radius 2 is 1.81 bits per heavy atom. The molecule has 1 amide bonds. The zero-order chi connectivity index (χ0) is 23.1. The molecule has 0 N–H and O–H groups in total. The number of amides is 1. The van der Waals surface area contributed by atoms with Crippen LogP contribution in [0, 0.1) is 0 Å². The Labute approximate surface area is 194 Å². The van der Waals surface area contributed by atoms with Crippen LogP contribution < -0.4 is 9.64 Å². The highest BCUT2D eigenvalue weighted by Gasteiger charge is 2.20. The van der Waals surface area contributed by atoms with Gasteiger partial charge in [0.2, 0.25) is 5.91 Å². The number of aromatic nitrogens is 3. The summed E-state index contributed by atoms with van der Waals surface area (Å²) in [5.74, 6) is 2.20. The normalized spacial score (nSPS) is 11.9. The first-order valence-electron chi connectivity index (χ1n) is 10.7. The fraction of sp³-hybridized carbons (Fsp3) is 0.320. The maximum absolute atomic E-state index is 12.6. The number of para-hydroxylation sites is 1.